The van der Waals surface area contributed by atoms with Gasteiger partial charge in [-0.1, -0.05) is 48.5 Å². The third-order valence-electron chi connectivity index (χ3n) is 6.12. The molecule has 7 heteroatoms. The maximum atomic E-state index is 13.4. The van der Waals surface area contributed by atoms with Crippen LogP contribution in [0.4, 0.5) is 4.79 Å². The lowest BCUT2D eigenvalue weighted by Crippen LogP contribution is -2.50. The van der Waals surface area contributed by atoms with Crippen molar-refractivity contribution >= 4 is 11.9 Å². The number of hydrogen-bond donors (Lipinski definition) is 1. The number of urea groups is 1. The maximum Gasteiger partial charge on any atom is 0.325 e. The van der Waals surface area contributed by atoms with E-state index in [4.69, 9.17) is 9.47 Å². The van der Waals surface area contributed by atoms with Crippen molar-refractivity contribution in [3.63, 3.8) is 0 Å². The zero-order valence-corrected chi connectivity index (χ0v) is 16.8. The average Bonchev–Trinajstić information content (AvgIpc) is 3.00. The molecule has 5 rings (SSSR count). The van der Waals surface area contributed by atoms with Crippen LogP contribution in [0, 0.1) is 0 Å². The van der Waals surface area contributed by atoms with Gasteiger partial charge in [-0.15, -0.1) is 0 Å². The van der Waals surface area contributed by atoms with Crippen LogP contribution in [-0.4, -0.2) is 60.7 Å². The first-order chi connectivity index (χ1) is 14.7. The van der Waals surface area contributed by atoms with E-state index in [2.05, 4.69) is 22.3 Å². The number of nitrogens with one attached hydrogen (secondary N) is 1. The lowest BCUT2D eigenvalue weighted by molar-refractivity contribution is -0.135. The van der Waals surface area contributed by atoms with Gasteiger partial charge in [-0.05, 0) is 11.6 Å². The smallest absolute Gasteiger partial charge is 0.325 e. The number of rotatable bonds is 4. The van der Waals surface area contributed by atoms with Crippen LogP contribution in [0.5, 0.6) is 5.75 Å². The number of para-hydroxylation sites is 1. The van der Waals surface area contributed by atoms with E-state index in [1.165, 1.54) is 10.5 Å². The molecule has 0 bridgehead atoms. The minimum atomic E-state index is -1.04. The van der Waals surface area contributed by atoms with Crippen molar-refractivity contribution in [2.75, 3.05) is 32.8 Å². The first kappa shape index (κ1) is 19.1. The molecule has 30 heavy (non-hydrogen) atoms. The summed E-state index contributed by atoms with van der Waals surface area (Å²) in [5.74, 6) is 0.439. The molecule has 1 N–H and O–H groups in total. The minimum Gasteiger partial charge on any atom is -0.493 e. The van der Waals surface area contributed by atoms with E-state index in [1.54, 1.807) is 0 Å². The summed E-state index contributed by atoms with van der Waals surface area (Å²) in [6, 6.07) is 17.4. The van der Waals surface area contributed by atoms with Gasteiger partial charge in [0.15, 0.2) is 5.54 Å². The van der Waals surface area contributed by atoms with E-state index in [-0.39, 0.29) is 24.6 Å². The van der Waals surface area contributed by atoms with Crippen LogP contribution in [-0.2, 0) is 21.6 Å². The number of imide groups is 1. The molecule has 1 spiro atoms. The van der Waals surface area contributed by atoms with Gasteiger partial charge in [0, 0.05) is 31.6 Å². The zero-order chi connectivity index (χ0) is 20.6. The molecule has 2 fully saturated rings. The van der Waals surface area contributed by atoms with Crippen LogP contribution in [0.3, 0.4) is 0 Å². The van der Waals surface area contributed by atoms with Crippen LogP contribution in [0.15, 0.2) is 54.6 Å². The van der Waals surface area contributed by atoms with E-state index < -0.39 is 5.54 Å². The van der Waals surface area contributed by atoms with Gasteiger partial charge in [0.25, 0.3) is 5.91 Å². The number of nitrogens with zero attached hydrogens (tertiary/aromatic N) is 2. The number of hydrogen-bond acceptors (Lipinski definition) is 5. The molecule has 3 heterocycles. The maximum absolute atomic E-state index is 13.4. The van der Waals surface area contributed by atoms with Crippen molar-refractivity contribution < 1.29 is 19.1 Å². The highest BCUT2D eigenvalue weighted by Gasteiger charge is 2.55. The Morgan fingerprint density at radius 1 is 1.03 bits per heavy atom. The Morgan fingerprint density at radius 3 is 2.70 bits per heavy atom. The summed E-state index contributed by atoms with van der Waals surface area (Å²) in [6.45, 7) is 3.57. The van der Waals surface area contributed by atoms with Crippen molar-refractivity contribution in [1.29, 1.82) is 0 Å². The Labute approximate surface area is 175 Å². The van der Waals surface area contributed by atoms with Crippen molar-refractivity contribution in [3.8, 4) is 5.75 Å². The predicted molar refractivity (Wildman–Crippen MR) is 110 cm³/mol. The van der Waals surface area contributed by atoms with Crippen LogP contribution < -0.4 is 10.1 Å². The minimum absolute atomic E-state index is 0.206. The van der Waals surface area contributed by atoms with Crippen molar-refractivity contribution in [2.45, 2.75) is 24.6 Å². The number of ether oxygens (including phenoxy) is 2. The number of carbonyl (C=O) groups is 2. The van der Waals surface area contributed by atoms with Gasteiger partial charge in [0.2, 0.25) is 0 Å². The second kappa shape index (κ2) is 7.74. The number of amides is 3. The third kappa shape index (κ3) is 3.34. The molecule has 3 aliphatic heterocycles. The first-order valence-corrected chi connectivity index (χ1v) is 10.4. The average molecular weight is 407 g/mol. The van der Waals surface area contributed by atoms with Gasteiger partial charge >= 0.3 is 6.03 Å². The van der Waals surface area contributed by atoms with E-state index in [0.29, 0.717) is 31.9 Å². The van der Waals surface area contributed by atoms with Gasteiger partial charge < -0.3 is 14.8 Å². The van der Waals surface area contributed by atoms with Gasteiger partial charge in [-0.2, -0.15) is 0 Å². The van der Waals surface area contributed by atoms with E-state index in [1.807, 2.05) is 42.5 Å². The highest BCUT2D eigenvalue weighted by molar-refractivity contribution is 6.08. The molecule has 3 aliphatic rings. The molecule has 0 aliphatic carbocycles. The largest absolute Gasteiger partial charge is 0.493 e. The van der Waals surface area contributed by atoms with Gasteiger partial charge in [-0.25, -0.2) is 4.79 Å². The molecular weight excluding hydrogens is 382 g/mol. The summed E-state index contributed by atoms with van der Waals surface area (Å²) in [7, 11) is 0. The molecule has 0 unspecified atom stereocenters. The standard InChI is InChI=1S/C23H25N3O4/c27-21-23(10-12-30-20-9-5-4-8-19(20)23)24-22(28)26(21)16-18-15-25(11-13-29-18)14-17-6-2-1-3-7-17/h1-9,18H,10-16H2,(H,24,28)/t18-,23-/m0/s1. The van der Waals surface area contributed by atoms with Crippen LogP contribution in [0.1, 0.15) is 17.5 Å². The number of carbonyl (C=O) groups excluding carboxylic acids is 2. The second-order valence-electron chi connectivity index (χ2n) is 8.06. The van der Waals surface area contributed by atoms with Crippen LogP contribution in [0.2, 0.25) is 0 Å². The summed E-state index contributed by atoms with van der Waals surface area (Å²) < 4.78 is 11.6. The summed E-state index contributed by atoms with van der Waals surface area (Å²) in [4.78, 5) is 29.8. The predicted octanol–water partition coefficient (Wildman–Crippen LogP) is 2.12. The van der Waals surface area contributed by atoms with Crippen molar-refractivity contribution in [2.24, 2.45) is 0 Å². The molecule has 2 atom stereocenters. The van der Waals surface area contributed by atoms with Gasteiger partial charge in [0.05, 0.1) is 25.9 Å². The Balaban J connectivity index is 1.30. The highest BCUT2D eigenvalue weighted by atomic mass is 16.5. The normalized spacial score (nSPS) is 26.4. The molecule has 2 aromatic rings. The fourth-order valence-electron chi connectivity index (χ4n) is 4.62. The number of benzene rings is 2. The topological polar surface area (TPSA) is 71.1 Å². The Morgan fingerprint density at radius 2 is 1.83 bits per heavy atom. The SMILES string of the molecule is O=C1N[C@]2(CCOc3ccccc32)C(=O)N1C[C@@H]1CN(Cc2ccccc2)CCO1. The summed E-state index contributed by atoms with van der Waals surface area (Å²) in [5.41, 5.74) is 0.933. The summed E-state index contributed by atoms with van der Waals surface area (Å²) in [6.07, 6.45) is 0.221. The zero-order valence-electron chi connectivity index (χ0n) is 16.8. The molecule has 0 aromatic heterocycles. The van der Waals surface area contributed by atoms with E-state index in [9.17, 15) is 9.59 Å². The third-order valence-corrected chi connectivity index (χ3v) is 6.12. The number of fused-ring (bicyclic) bond motifs is 2. The second-order valence-corrected chi connectivity index (χ2v) is 8.06. The Kier molecular flexibility index (Phi) is 4.92. The molecular formula is C23H25N3O4. The van der Waals surface area contributed by atoms with E-state index >= 15 is 0 Å². The highest BCUT2D eigenvalue weighted by Crippen LogP contribution is 2.41. The lowest BCUT2D eigenvalue weighted by Gasteiger charge is -2.35. The quantitative estimate of drug-likeness (QED) is 0.787. The Bertz CT molecular complexity index is 950. The molecule has 2 saturated heterocycles. The molecule has 3 amide bonds. The van der Waals surface area contributed by atoms with Crippen LogP contribution in [0.25, 0.3) is 0 Å². The van der Waals surface area contributed by atoms with E-state index in [0.717, 1.165) is 18.7 Å². The molecule has 0 saturated carbocycles. The van der Waals surface area contributed by atoms with Gasteiger partial charge in [0.1, 0.15) is 5.75 Å². The molecule has 0 radical (unpaired) electrons. The fraction of sp³-hybridized carbons (Fsp3) is 0.391. The summed E-state index contributed by atoms with van der Waals surface area (Å²) >= 11 is 0. The number of morpholine rings is 1. The molecule has 2 aromatic carbocycles. The lowest BCUT2D eigenvalue weighted by atomic mass is 9.84. The summed E-state index contributed by atoms with van der Waals surface area (Å²) in [5, 5.41) is 2.95. The Hall–Kier alpha value is -2.90. The fourth-order valence-corrected chi connectivity index (χ4v) is 4.62. The van der Waals surface area contributed by atoms with Gasteiger partial charge in [-0.3, -0.25) is 14.6 Å². The monoisotopic (exact) mass is 407 g/mol. The van der Waals surface area contributed by atoms with Crippen molar-refractivity contribution in [3.05, 3.63) is 65.7 Å². The first-order valence-electron chi connectivity index (χ1n) is 10.4. The molecule has 7 nitrogen and oxygen atoms in total. The van der Waals surface area contributed by atoms with Crippen LogP contribution >= 0.6 is 0 Å². The van der Waals surface area contributed by atoms with Crippen molar-refractivity contribution in [1.82, 2.24) is 15.1 Å². The molecule has 156 valence electrons.